The van der Waals surface area contributed by atoms with Gasteiger partial charge < -0.3 is 0 Å². The fraction of sp³-hybridized carbons (Fsp3) is 0.118. The second-order valence-electron chi connectivity index (χ2n) is 4.81. The Bertz CT molecular complexity index is 719. The van der Waals surface area contributed by atoms with Gasteiger partial charge in [-0.15, -0.1) is 11.3 Å². The van der Waals surface area contributed by atoms with Crippen molar-refractivity contribution in [3.05, 3.63) is 87.3 Å². The molecule has 3 aromatic rings. The predicted octanol–water partition coefficient (Wildman–Crippen LogP) is 4.83. The lowest BCUT2D eigenvalue weighted by Gasteiger charge is -2.17. The molecule has 1 heterocycles. The second-order valence-corrected chi connectivity index (χ2v) is 8.02. The first-order valence-corrected chi connectivity index (χ1v) is 9.39. The molecule has 5 heteroatoms. The van der Waals surface area contributed by atoms with E-state index in [1.807, 2.05) is 60.7 Å². The zero-order valence-corrected chi connectivity index (χ0v) is 14.1. The molecule has 0 radical (unpaired) electrons. The maximum atomic E-state index is 13.0. The molecule has 0 spiro atoms. The van der Waals surface area contributed by atoms with E-state index in [2.05, 4.69) is 4.98 Å². The van der Waals surface area contributed by atoms with Gasteiger partial charge in [0.1, 0.15) is 0 Å². The zero-order valence-electron chi connectivity index (χ0n) is 11.7. The smallest absolute Gasteiger partial charge is 0.183 e. The molecule has 0 aliphatic carbocycles. The van der Waals surface area contributed by atoms with Crippen molar-refractivity contribution in [2.75, 3.05) is 0 Å². The topological polar surface area (TPSA) is 30.0 Å². The molecule has 22 heavy (non-hydrogen) atoms. The van der Waals surface area contributed by atoms with Crippen LogP contribution in [0.1, 0.15) is 21.3 Å². The Morgan fingerprint density at radius 1 is 1.00 bits per heavy atom. The van der Waals surface area contributed by atoms with Crippen molar-refractivity contribution in [3.8, 4) is 0 Å². The quantitative estimate of drug-likeness (QED) is 0.661. The number of aromatic nitrogens is 1. The molecule has 0 aliphatic heterocycles. The molecule has 0 N–H and O–H groups in total. The highest BCUT2D eigenvalue weighted by Gasteiger charge is 2.21. The first kappa shape index (κ1) is 15.4. The summed E-state index contributed by atoms with van der Waals surface area (Å²) in [5.74, 6) is 0.457. The monoisotopic (exact) mass is 347 g/mol. The van der Waals surface area contributed by atoms with E-state index in [-0.39, 0.29) is 5.25 Å². The Kier molecular flexibility index (Phi) is 5.03. The first-order chi connectivity index (χ1) is 10.7. The highest BCUT2D eigenvalue weighted by molar-refractivity contribution is 7.84. The molecule has 0 aliphatic rings. The molecule has 2 aromatic carbocycles. The van der Waals surface area contributed by atoms with Crippen LogP contribution in [0.25, 0.3) is 0 Å². The van der Waals surface area contributed by atoms with Crippen LogP contribution in [0.5, 0.6) is 0 Å². The summed E-state index contributed by atoms with van der Waals surface area (Å²) in [5, 5.41) is -0.150. The molecule has 0 saturated carbocycles. The average molecular weight is 348 g/mol. The Morgan fingerprint density at radius 2 is 1.55 bits per heavy atom. The minimum atomic E-state index is -1.09. The van der Waals surface area contributed by atoms with E-state index in [1.54, 1.807) is 6.20 Å². The standard InChI is InChI=1S/C17H14ClNOS2/c18-17-19-11-15(21-17)12-22(20)16(13-7-3-1-4-8-13)14-9-5-2-6-10-14/h1-11,16H,12H2/t22-/m0/s1. The van der Waals surface area contributed by atoms with E-state index in [9.17, 15) is 4.21 Å². The second kappa shape index (κ2) is 7.18. The van der Waals surface area contributed by atoms with E-state index in [4.69, 9.17) is 11.6 Å². The number of thiazole rings is 1. The average Bonchev–Trinajstić information content (AvgIpc) is 2.95. The third-order valence-corrected chi connectivity index (χ3v) is 6.24. The molecule has 1 atom stereocenters. The number of nitrogens with zero attached hydrogens (tertiary/aromatic N) is 1. The van der Waals surface area contributed by atoms with Gasteiger partial charge in [0.25, 0.3) is 0 Å². The highest BCUT2D eigenvalue weighted by atomic mass is 35.5. The van der Waals surface area contributed by atoms with Gasteiger partial charge in [-0.1, -0.05) is 72.3 Å². The van der Waals surface area contributed by atoms with Gasteiger partial charge in [-0.25, -0.2) is 4.98 Å². The summed E-state index contributed by atoms with van der Waals surface area (Å²) in [7, 11) is -1.09. The van der Waals surface area contributed by atoms with Gasteiger partial charge >= 0.3 is 0 Å². The molecule has 1 aromatic heterocycles. The summed E-state index contributed by atoms with van der Waals surface area (Å²) in [6, 6.07) is 19.9. The minimum Gasteiger partial charge on any atom is -0.258 e. The van der Waals surface area contributed by atoms with Crippen LogP contribution in [0.4, 0.5) is 0 Å². The molecule has 0 fully saturated rings. The maximum absolute atomic E-state index is 13.0. The van der Waals surface area contributed by atoms with Crippen molar-refractivity contribution >= 4 is 33.7 Å². The van der Waals surface area contributed by atoms with Crippen LogP contribution in [-0.4, -0.2) is 9.19 Å². The molecule has 112 valence electrons. The molecule has 2 nitrogen and oxygen atoms in total. The van der Waals surface area contributed by atoms with Gasteiger partial charge in [-0.3, -0.25) is 4.21 Å². The van der Waals surface area contributed by atoms with Gasteiger partial charge in [-0.2, -0.15) is 0 Å². The normalized spacial score (nSPS) is 12.5. The summed E-state index contributed by atoms with van der Waals surface area (Å²) in [5.41, 5.74) is 2.12. The Morgan fingerprint density at radius 3 is 2.00 bits per heavy atom. The number of benzene rings is 2. The number of halogens is 1. The van der Waals surface area contributed by atoms with Crippen LogP contribution < -0.4 is 0 Å². The first-order valence-electron chi connectivity index (χ1n) is 6.81. The number of hydrogen-bond donors (Lipinski definition) is 0. The van der Waals surface area contributed by atoms with E-state index in [0.717, 1.165) is 16.0 Å². The Balaban J connectivity index is 1.93. The molecule has 0 amide bonds. The van der Waals surface area contributed by atoms with Gasteiger partial charge in [0, 0.05) is 21.9 Å². The summed E-state index contributed by atoms with van der Waals surface area (Å²) in [4.78, 5) is 4.97. The highest BCUT2D eigenvalue weighted by Crippen LogP contribution is 2.31. The molecular formula is C17H14ClNOS2. The van der Waals surface area contributed by atoms with Crippen molar-refractivity contribution in [1.82, 2.24) is 4.98 Å². The van der Waals surface area contributed by atoms with E-state index < -0.39 is 10.8 Å². The third-order valence-electron chi connectivity index (χ3n) is 3.28. The predicted molar refractivity (Wildman–Crippen MR) is 93.7 cm³/mol. The van der Waals surface area contributed by atoms with E-state index >= 15 is 0 Å². The Labute approximate surface area is 141 Å². The summed E-state index contributed by atoms with van der Waals surface area (Å²) < 4.78 is 13.5. The van der Waals surface area contributed by atoms with Crippen molar-refractivity contribution in [1.29, 1.82) is 0 Å². The summed E-state index contributed by atoms with van der Waals surface area (Å²) in [6.07, 6.45) is 1.71. The van der Waals surface area contributed by atoms with Gasteiger partial charge in [0.15, 0.2) is 4.47 Å². The van der Waals surface area contributed by atoms with Crippen LogP contribution in [0.15, 0.2) is 66.9 Å². The van der Waals surface area contributed by atoms with Crippen LogP contribution >= 0.6 is 22.9 Å². The molecule has 0 bridgehead atoms. The van der Waals surface area contributed by atoms with Gasteiger partial charge in [0.05, 0.1) is 11.0 Å². The van der Waals surface area contributed by atoms with Crippen molar-refractivity contribution < 1.29 is 4.21 Å². The maximum Gasteiger partial charge on any atom is 0.183 e. The van der Waals surface area contributed by atoms with Crippen molar-refractivity contribution in [2.24, 2.45) is 0 Å². The van der Waals surface area contributed by atoms with Crippen LogP contribution in [0, 0.1) is 0 Å². The van der Waals surface area contributed by atoms with Crippen molar-refractivity contribution in [2.45, 2.75) is 11.0 Å². The number of rotatable bonds is 5. The van der Waals surface area contributed by atoms with Crippen LogP contribution in [0.2, 0.25) is 4.47 Å². The van der Waals surface area contributed by atoms with E-state index in [0.29, 0.717) is 10.2 Å². The van der Waals surface area contributed by atoms with Gasteiger partial charge in [-0.05, 0) is 11.1 Å². The third kappa shape index (κ3) is 3.64. The van der Waals surface area contributed by atoms with E-state index in [1.165, 1.54) is 11.3 Å². The fourth-order valence-corrected chi connectivity index (χ4v) is 5.13. The summed E-state index contributed by atoms with van der Waals surface area (Å²) >= 11 is 7.25. The fourth-order valence-electron chi connectivity index (χ4n) is 2.33. The lowest BCUT2D eigenvalue weighted by atomic mass is 10.0. The molecule has 0 unspecified atom stereocenters. The van der Waals surface area contributed by atoms with Crippen LogP contribution in [0.3, 0.4) is 0 Å². The summed E-state index contributed by atoms with van der Waals surface area (Å²) in [6.45, 7) is 0. The Hall–Kier alpha value is -1.49. The zero-order chi connectivity index (χ0) is 15.4. The molecular weight excluding hydrogens is 334 g/mol. The minimum absolute atomic E-state index is 0.150. The molecule has 3 rings (SSSR count). The lowest BCUT2D eigenvalue weighted by molar-refractivity contribution is 0.678. The largest absolute Gasteiger partial charge is 0.258 e. The molecule has 0 saturated heterocycles. The SMILES string of the molecule is O=[S@@](Cc1cnc(Cl)s1)C(c1ccccc1)c1ccccc1. The number of hydrogen-bond acceptors (Lipinski definition) is 3. The van der Waals surface area contributed by atoms with Crippen molar-refractivity contribution in [3.63, 3.8) is 0 Å². The van der Waals surface area contributed by atoms with Crippen LogP contribution in [-0.2, 0) is 16.6 Å². The van der Waals surface area contributed by atoms with Gasteiger partial charge in [0.2, 0.25) is 0 Å². The lowest BCUT2D eigenvalue weighted by Crippen LogP contribution is -2.10.